The molecule has 20 heavy (non-hydrogen) atoms. The van der Waals surface area contributed by atoms with Crippen LogP contribution in [0.2, 0.25) is 0 Å². The van der Waals surface area contributed by atoms with E-state index >= 15 is 0 Å². The van der Waals surface area contributed by atoms with Crippen molar-refractivity contribution in [1.29, 1.82) is 0 Å². The van der Waals surface area contributed by atoms with Crippen molar-refractivity contribution in [2.45, 2.75) is 32.7 Å². The minimum absolute atomic E-state index is 0.485. The van der Waals surface area contributed by atoms with Crippen molar-refractivity contribution in [3.63, 3.8) is 0 Å². The molecule has 1 aliphatic carbocycles. The van der Waals surface area contributed by atoms with Crippen LogP contribution in [0.1, 0.15) is 26.7 Å². The molecule has 1 aromatic carbocycles. The van der Waals surface area contributed by atoms with E-state index in [1.54, 1.807) is 0 Å². The maximum Gasteiger partial charge on any atom is 0.173 e. The second kappa shape index (κ2) is 7.60. The van der Waals surface area contributed by atoms with Crippen molar-refractivity contribution in [2.24, 2.45) is 5.92 Å². The van der Waals surface area contributed by atoms with Crippen LogP contribution in [0.25, 0.3) is 0 Å². The molecule has 1 aromatic rings. The summed E-state index contributed by atoms with van der Waals surface area (Å²) < 4.78 is 5.49. The van der Waals surface area contributed by atoms with Gasteiger partial charge in [-0.05, 0) is 57.0 Å². The number of ether oxygens (including phenoxy) is 1. The molecule has 0 saturated heterocycles. The fraction of sp³-hybridized carbons (Fsp3) is 0.562. The molecule has 0 aromatic heterocycles. The zero-order valence-electron chi connectivity index (χ0n) is 12.3. The first kappa shape index (κ1) is 15.3. The molecule has 3 nitrogen and oxygen atoms in total. The van der Waals surface area contributed by atoms with Crippen LogP contribution in [0.5, 0.6) is 0 Å². The number of hydrogen-bond acceptors (Lipinski definition) is 2. The average molecular weight is 292 g/mol. The van der Waals surface area contributed by atoms with Gasteiger partial charge in [0.15, 0.2) is 5.11 Å². The maximum absolute atomic E-state index is 5.59. The van der Waals surface area contributed by atoms with Gasteiger partial charge < -0.3 is 15.0 Å². The van der Waals surface area contributed by atoms with Crippen molar-refractivity contribution in [2.75, 3.05) is 25.1 Å². The smallest absolute Gasteiger partial charge is 0.173 e. The fourth-order valence-electron chi connectivity index (χ4n) is 2.35. The van der Waals surface area contributed by atoms with E-state index in [2.05, 4.69) is 17.1 Å². The highest BCUT2D eigenvalue weighted by molar-refractivity contribution is 7.80. The van der Waals surface area contributed by atoms with Crippen molar-refractivity contribution in [3.8, 4) is 0 Å². The number of nitrogens with zero attached hydrogens (tertiary/aromatic N) is 1. The molecule has 0 bridgehead atoms. The molecule has 1 N–H and O–H groups in total. The molecule has 1 saturated carbocycles. The summed E-state index contributed by atoms with van der Waals surface area (Å²) in [4.78, 5) is 2.27. The Morgan fingerprint density at radius 1 is 1.40 bits per heavy atom. The van der Waals surface area contributed by atoms with Gasteiger partial charge in [-0.15, -0.1) is 0 Å². The SMILES string of the molecule is CCOCCN(C(=S)Nc1ccccc1)[C@@H](C)C1CC1. The highest BCUT2D eigenvalue weighted by Crippen LogP contribution is 2.35. The molecule has 0 spiro atoms. The number of rotatable bonds is 7. The predicted molar refractivity (Wildman–Crippen MR) is 88.0 cm³/mol. The van der Waals surface area contributed by atoms with Crippen LogP contribution in [-0.2, 0) is 4.74 Å². The topological polar surface area (TPSA) is 24.5 Å². The molecule has 0 amide bonds. The first-order valence-corrected chi connectivity index (χ1v) is 7.83. The Hall–Kier alpha value is -1.13. The lowest BCUT2D eigenvalue weighted by Gasteiger charge is -2.32. The van der Waals surface area contributed by atoms with Crippen LogP contribution >= 0.6 is 12.2 Å². The number of hydrogen-bond donors (Lipinski definition) is 1. The zero-order chi connectivity index (χ0) is 14.4. The number of thiocarbonyl (C=S) groups is 1. The Morgan fingerprint density at radius 2 is 2.10 bits per heavy atom. The second-order valence-corrected chi connectivity index (χ2v) is 5.65. The predicted octanol–water partition coefficient (Wildman–Crippen LogP) is 3.52. The van der Waals surface area contributed by atoms with E-state index in [1.807, 2.05) is 37.3 Å². The Kier molecular flexibility index (Phi) is 5.80. The quantitative estimate of drug-likeness (QED) is 0.614. The molecule has 0 heterocycles. The van der Waals surface area contributed by atoms with Gasteiger partial charge in [0.2, 0.25) is 0 Å². The summed E-state index contributed by atoms with van der Waals surface area (Å²) in [7, 11) is 0. The summed E-state index contributed by atoms with van der Waals surface area (Å²) in [6.45, 7) is 6.62. The van der Waals surface area contributed by atoms with Gasteiger partial charge in [0.25, 0.3) is 0 Å². The van der Waals surface area contributed by atoms with E-state index in [4.69, 9.17) is 17.0 Å². The van der Waals surface area contributed by atoms with Crippen LogP contribution < -0.4 is 5.32 Å². The van der Waals surface area contributed by atoms with Gasteiger partial charge in [0, 0.05) is 24.9 Å². The first-order chi connectivity index (χ1) is 9.72. The fourth-order valence-corrected chi connectivity index (χ4v) is 2.72. The Morgan fingerprint density at radius 3 is 2.70 bits per heavy atom. The lowest BCUT2D eigenvalue weighted by Crippen LogP contribution is -2.44. The maximum atomic E-state index is 5.59. The van der Waals surface area contributed by atoms with E-state index in [-0.39, 0.29) is 0 Å². The van der Waals surface area contributed by atoms with Crippen LogP contribution in [-0.4, -0.2) is 35.8 Å². The van der Waals surface area contributed by atoms with Crippen molar-refractivity contribution in [3.05, 3.63) is 30.3 Å². The summed E-state index contributed by atoms with van der Waals surface area (Å²) in [5.74, 6) is 0.784. The number of anilines is 1. The lowest BCUT2D eigenvalue weighted by molar-refractivity contribution is 0.122. The van der Waals surface area contributed by atoms with Gasteiger partial charge in [0.05, 0.1) is 6.61 Å². The summed E-state index contributed by atoms with van der Waals surface area (Å²) in [6, 6.07) is 10.6. The third kappa shape index (κ3) is 4.46. The largest absolute Gasteiger partial charge is 0.380 e. The molecule has 0 unspecified atom stereocenters. The molecule has 4 heteroatoms. The van der Waals surface area contributed by atoms with Crippen LogP contribution in [0.15, 0.2) is 30.3 Å². The molecule has 1 aliphatic rings. The van der Waals surface area contributed by atoms with Crippen molar-refractivity contribution in [1.82, 2.24) is 4.90 Å². The van der Waals surface area contributed by atoms with Gasteiger partial charge in [-0.25, -0.2) is 0 Å². The highest BCUT2D eigenvalue weighted by atomic mass is 32.1. The lowest BCUT2D eigenvalue weighted by atomic mass is 10.2. The molecule has 0 aliphatic heterocycles. The zero-order valence-corrected chi connectivity index (χ0v) is 13.2. The molecular formula is C16H24N2OS. The van der Waals surface area contributed by atoms with Gasteiger partial charge in [-0.3, -0.25) is 0 Å². The molecule has 1 atom stereocenters. The van der Waals surface area contributed by atoms with Crippen molar-refractivity contribution < 1.29 is 4.74 Å². The molecule has 2 rings (SSSR count). The van der Waals surface area contributed by atoms with Crippen LogP contribution in [0, 0.1) is 5.92 Å². The number of para-hydroxylation sites is 1. The number of benzene rings is 1. The third-order valence-corrected chi connectivity index (χ3v) is 4.10. The third-order valence-electron chi connectivity index (χ3n) is 3.76. The van der Waals surface area contributed by atoms with E-state index in [1.165, 1.54) is 12.8 Å². The van der Waals surface area contributed by atoms with Gasteiger partial charge >= 0.3 is 0 Å². The van der Waals surface area contributed by atoms with Gasteiger partial charge in [-0.2, -0.15) is 0 Å². The summed E-state index contributed by atoms with van der Waals surface area (Å²) >= 11 is 5.59. The Balaban J connectivity index is 1.95. The monoisotopic (exact) mass is 292 g/mol. The first-order valence-electron chi connectivity index (χ1n) is 7.42. The normalized spacial score (nSPS) is 15.7. The summed E-state index contributed by atoms with van der Waals surface area (Å²) in [5.41, 5.74) is 1.04. The minimum atomic E-state index is 0.485. The van der Waals surface area contributed by atoms with E-state index < -0.39 is 0 Å². The standard InChI is InChI=1S/C16H24N2OS/c1-3-19-12-11-18(13(2)14-9-10-14)16(20)17-15-7-5-4-6-8-15/h4-8,13-14H,3,9-12H2,1-2H3,(H,17,20)/t13-/m0/s1. The van der Waals surface area contributed by atoms with Crippen LogP contribution in [0.4, 0.5) is 5.69 Å². The van der Waals surface area contributed by atoms with E-state index in [0.29, 0.717) is 6.04 Å². The second-order valence-electron chi connectivity index (χ2n) is 5.26. The van der Waals surface area contributed by atoms with Gasteiger partial charge in [-0.1, -0.05) is 18.2 Å². The molecule has 110 valence electrons. The average Bonchev–Trinajstić information content (AvgIpc) is 3.28. The molecule has 1 fully saturated rings. The Bertz CT molecular complexity index is 420. The summed E-state index contributed by atoms with van der Waals surface area (Å²) in [5, 5.41) is 4.14. The van der Waals surface area contributed by atoms with Gasteiger partial charge in [0.1, 0.15) is 0 Å². The summed E-state index contributed by atoms with van der Waals surface area (Å²) in [6.07, 6.45) is 2.64. The molecular weight excluding hydrogens is 268 g/mol. The molecule has 0 radical (unpaired) electrons. The van der Waals surface area contributed by atoms with E-state index in [0.717, 1.165) is 36.5 Å². The Labute approximate surface area is 127 Å². The van der Waals surface area contributed by atoms with Crippen molar-refractivity contribution >= 4 is 23.0 Å². The number of nitrogens with one attached hydrogen (secondary N) is 1. The van der Waals surface area contributed by atoms with Crippen LogP contribution in [0.3, 0.4) is 0 Å². The minimum Gasteiger partial charge on any atom is -0.380 e. The highest BCUT2D eigenvalue weighted by Gasteiger charge is 2.33. The van der Waals surface area contributed by atoms with E-state index in [9.17, 15) is 0 Å².